The van der Waals surface area contributed by atoms with Crippen molar-refractivity contribution in [3.05, 3.63) is 229 Å². The maximum Gasteiger partial charge on any atom is 1.00 e. The van der Waals surface area contributed by atoms with Crippen LogP contribution in [-0.4, -0.2) is 73.3 Å². The molecule has 3 heterocycles. The maximum atomic E-state index is 11.5. The molecule has 25 heteroatoms. The van der Waals surface area contributed by atoms with Gasteiger partial charge in [0.05, 0.1) is 53.3 Å². The van der Waals surface area contributed by atoms with Gasteiger partial charge in [0.25, 0.3) is 6.47 Å². The van der Waals surface area contributed by atoms with Crippen molar-refractivity contribution in [3.8, 4) is 57.7 Å². The van der Waals surface area contributed by atoms with Crippen molar-refractivity contribution in [2.24, 2.45) is 0 Å². The number of aromatic nitrogens is 6. The monoisotopic (exact) mass is 1510 g/mol. The number of nitrogens with one attached hydrogen (secondary N) is 1. The summed E-state index contributed by atoms with van der Waals surface area (Å²) in [4.78, 5) is 48.7. The number of aromatic amines is 1. The van der Waals surface area contributed by atoms with Crippen molar-refractivity contribution < 1.29 is 170 Å². The van der Waals surface area contributed by atoms with Gasteiger partial charge < -0.3 is 37.3 Å². The molecule has 0 aliphatic carbocycles. The number of alkyl halides is 1. The summed E-state index contributed by atoms with van der Waals surface area (Å²) in [5.41, 5.74) is 12.7. The zero-order chi connectivity index (χ0) is 67.6. The maximum absolute atomic E-state index is 11.5. The number of aryl methyl sites for hydroxylation is 3. The molecule has 98 heavy (non-hydrogen) atoms. The molecule has 0 amide bonds. The number of benzene rings is 6. The Morgan fingerprint density at radius 1 is 0.582 bits per heavy atom. The van der Waals surface area contributed by atoms with Crippen LogP contribution >= 0.6 is 50.7 Å². The van der Waals surface area contributed by atoms with E-state index in [1.54, 1.807) is 13.0 Å². The number of carbonyl (C=O) groups excluding carboxylic acids is 3. The van der Waals surface area contributed by atoms with Crippen LogP contribution < -0.4 is 138 Å². The molecule has 0 saturated heterocycles. The van der Waals surface area contributed by atoms with Gasteiger partial charge in [-0.2, -0.15) is 21.0 Å². The number of unbranched alkanes of at least 4 members (excludes halogenated alkanes) is 3. The van der Waals surface area contributed by atoms with Gasteiger partial charge in [-0.15, -0.1) is 0 Å². The molecule has 0 spiro atoms. The first kappa shape index (κ1) is 99.7. The van der Waals surface area contributed by atoms with E-state index in [1.807, 2.05) is 143 Å². The number of imidazole rings is 3. The Morgan fingerprint density at radius 2 is 0.929 bits per heavy atom. The number of H-pyrrole nitrogens is 1. The van der Waals surface area contributed by atoms with E-state index in [4.69, 9.17) is 60.5 Å². The van der Waals surface area contributed by atoms with E-state index in [0.717, 1.165) is 131 Å². The summed E-state index contributed by atoms with van der Waals surface area (Å²) in [5, 5.41) is 62.4. The molecule has 3 radical (unpaired) electrons. The molecule has 3 aromatic heterocycles. The van der Waals surface area contributed by atoms with Crippen molar-refractivity contribution in [1.82, 2.24) is 29.1 Å². The largest absolute Gasteiger partial charge is 1.00 e. The molecule has 0 bridgehead atoms. The molecular formula is C73H83BBrCl3K2N10NaO7. The topological polar surface area (TPSA) is 283 Å². The number of rotatable bonds is 21. The predicted octanol–water partition coefficient (Wildman–Crippen LogP) is 7.67. The van der Waals surface area contributed by atoms with Gasteiger partial charge in [0.15, 0.2) is 22.9 Å². The second-order valence-electron chi connectivity index (χ2n) is 19.7. The zero-order valence-corrected chi connectivity index (χ0v) is 67.6. The molecule has 6 aromatic carbocycles. The third-order valence-electron chi connectivity index (χ3n) is 13.3. The van der Waals surface area contributed by atoms with Gasteiger partial charge in [-0.1, -0.05) is 233 Å². The van der Waals surface area contributed by atoms with E-state index < -0.39 is 0 Å². The van der Waals surface area contributed by atoms with Crippen LogP contribution in [-0.2, 0) is 54.0 Å². The molecule has 0 unspecified atom stereocenters. The van der Waals surface area contributed by atoms with Crippen molar-refractivity contribution in [1.29, 1.82) is 21.0 Å². The van der Waals surface area contributed by atoms with Crippen molar-refractivity contribution in [3.63, 3.8) is 0 Å². The first-order valence-electron chi connectivity index (χ1n) is 29.4. The van der Waals surface area contributed by atoms with Crippen molar-refractivity contribution in [2.45, 2.75) is 132 Å². The summed E-state index contributed by atoms with van der Waals surface area (Å²) in [5.74, 6) is 2.54. The SMILES string of the molecule is C.C.CC#N.CCCCc1nc(C=O)c(Cl)[nH]1.CCCCc1nc(Cl)c(C=O)n1Cc1ccc(-c2ccccc2C#N)cc1.CCCCc1nc(Cl)c(CO)n1Cc1ccc(-c2ccccc2C#N)cc1.CCO.N#Cc1ccccc1-c1ccc(CBr)cc1.O=CO[O-].[B].[H-].[H-].[K+].[K+].[Na+]. The number of aliphatic hydroxyl groups is 2. The molecule has 0 fully saturated rings. The van der Waals surface area contributed by atoms with Crippen molar-refractivity contribution >= 4 is 78.2 Å². The van der Waals surface area contributed by atoms with Crippen LogP contribution in [0.1, 0.15) is 168 Å². The molecule has 9 aromatic rings. The summed E-state index contributed by atoms with van der Waals surface area (Å²) < 4.78 is 3.90. The van der Waals surface area contributed by atoms with E-state index in [-0.39, 0.29) is 183 Å². The van der Waals surface area contributed by atoms with Gasteiger partial charge in [0.1, 0.15) is 34.0 Å². The number of nitriles is 4. The Labute approximate surface area is 714 Å². The van der Waals surface area contributed by atoms with E-state index in [0.29, 0.717) is 63.5 Å². The Hall–Kier alpha value is -4.71. The minimum atomic E-state index is -0.181. The summed E-state index contributed by atoms with van der Waals surface area (Å²) in [7, 11) is 0. The van der Waals surface area contributed by atoms with Crippen LogP contribution in [0.15, 0.2) is 146 Å². The second kappa shape index (κ2) is 58.9. The minimum absolute atomic E-state index is 0. The van der Waals surface area contributed by atoms with Gasteiger partial charge in [-0.25, -0.2) is 15.0 Å². The third-order valence-corrected chi connectivity index (χ3v) is 14.9. The molecule has 17 nitrogen and oxygen atoms in total. The molecule has 501 valence electrons. The fourth-order valence-corrected chi connectivity index (χ4v) is 9.91. The van der Waals surface area contributed by atoms with Crippen LogP contribution in [0.5, 0.6) is 0 Å². The van der Waals surface area contributed by atoms with E-state index >= 15 is 0 Å². The average molecular weight is 1510 g/mol. The minimum Gasteiger partial charge on any atom is -1.00 e. The number of hydrogen-bond donors (Lipinski definition) is 3. The van der Waals surface area contributed by atoms with Gasteiger partial charge in [-0.05, 0) is 94.5 Å². The van der Waals surface area contributed by atoms with Gasteiger partial charge in [0.2, 0.25) is 0 Å². The number of carbonyl (C=O) groups is 3. The summed E-state index contributed by atoms with van der Waals surface area (Å²) >= 11 is 21.4. The van der Waals surface area contributed by atoms with Crippen molar-refractivity contribution in [2.75, 3.05) is 6.61 Å². The first-order valence-corrected chi connectivity index (χ1v) is 31.7. The fourth-order valence-electron chi connectivity index (χ4n) is 8.83. The summed E-state index contributed by atoms with van der Waals surface area (Å²) in [6, 6.07) is 55.6. The normalized spacial score (nSPS) is 9.18. The van der Waals surface area contributed by atoms with E-state index in [1.165, 1.54) is 12.5 Å². The van der Waals surface area contributed by atoms with Gasteiger partial charge in [0, 0.05) is 59.6 Å². The number of nitrogens with zero attached hydrogens (tertiary/aromatic N) is 9. The standard InChI is InChI=1S/C22H22ClN3O.C22H20ClN3O.C14H10BrN.C8H11ClN2O.C2H3N.C2H6O.CH2O3.2CH4.B.2K.Na.2H/c2*1-2-3-8-21-25-22(23)20(15-27)26(21)14-16-9-11-17(12-10-16)19-7-5-4-6-18(19)13-24;15-9-11-5-7-12(8-6-11)14-4-2-1-3-13(14)10-16;1-2-3-4-7-10-6(5-12)8(9)11-7;2*1-2-3;2-1-4-3;;;;;;;;/h4-7,9-12,27H,2-3,8,14-15H2,1H3;4-7,9-12,15H,2-3,8,14H2,1H3;1-8H,9H2;5H,2-4H2,1H3,(H,10,11);1H3;3H,2H2,1H3;1,3H;2*1H4;;;;;;/q;;;;;;;;;;3*+1;2*-1/p-1. The number of aldehydes is 2. The van der Waals surface area contributed by atoms with Crippen LogP contribution in [0, 0.1) is 45.3 Å². The van der Waals surface area contributed by atoms with Crippen LogP contribution in [0.4, 0.5) is 0 Å². The molecule has 3 N–H and O–H groups in total. The Balaban J connectivity index is -0.000000283. The van der Waals surface area contributed by atoms with Gasteiger partial charge >= 0.3 is 132 Å². The molecule has 0 saturated carbocycles. The Bertz CT molecular complexity index is 3910. The third kappa shape index (κ3) is 33.4. The summed E-state index contributed by atoms with van der Waals surface area (Å²) in [6.45, 7) is 10.5. The number of aliphatic hydroxyl groups excluding tert-OH is 2. The molecular weight excluding hydrogens is 1430 g/mol. The van der Waals surface area contributed by atoms with Crippen LogP contribution in [0.3, 0.4) is 0 Å². The molecule has 0 atom stereocenters. The number of hydrogen-bond acceptors (Lipinski definition) is 14. The summed E-state index contributed by atoms with van der Waals surface area (Å²) in [6.07, 6.45) is 10.2. The molecule has 9 rings (SSSR count). The van der Waals surface area contributed by atoms with E-state index in [2.05, 4.69) is 91.9 Å². The smallest absolute Gasteiger partial charge is 1.00 e. The molecule has 0 aliphatic rings. The Kier molecular flexibility index (Phi) is 59.9. The average Bonchev–Trinajstić information content (AvgIpc) is 1.57. The zero-order valence-electron chi connectivity index (χ0n) is 57.5. The molecule has 0 aliphatic heterocycles. The first-order chi connectivity index (χ1) is 44.7. The number of halogens is 4. The second-order valence-corrected chi connectivity index (χ2v) is 21.3. The van der Waals surface area contributed by atoms with Crippen LogP contribution in [0.2, 0.25) is 15.5 Å². The fraction of sp³-hybridized carbons (Fsp3) is 0.288. The van der Waals surface area contributed by atoms with E-state index in [9.17, 15) is 25.2 Å². The predicted molar refractivity (Wildman–Crippen MR) is 384 cm³/mol. The quantitative estimate of drug-likeness (QED) is 0.0205. The van der Waals surface area contributed by atoms with Gasteiger partial charge in [-0.3, -0.25) is 14.4 Å². The van der Waals surface area contributed by atoms with Crippen LogP contribution in [0.25, 0.3) is 33.4 Å². The Morgan fingerprint density at radius 3 is 1.26 bits per heavy atom.